The molecule has 1 fully saturated rings. The molecule has 1 saturated carbocycles. The summed E-state index contributed by atoms with van der Waals surface area (Å²) in [4.78, 5) is 22.4. The number of ether oxygens (including phenoxy) is 1. The van der Waals surface area contributed by atoms with E-state index in [1.165, 1.54) is 6.42 Å². The van der Waals surface area contributed by atoms with Crippen molar-refractivity contribution in [1.82, 2.24) is 5.32 Å². The summed E-state index contributed by atoms with van der Waals surface area (Å²) >= 11 is 0. The maximum atomic E-state index is 12.2. The van der Waals surface area contributed by atoms with Gasteiger partial charge in [0.25, 0.3) is 0 Å². The van der Waals surface area contributed by atoms with Crippen molar-refractivity contribution in [2.24, 2.45) is 5.41 Å². The Labute approximate surface area is 108 Å². The van der Waals surface area contributed by atoms with Crippen LogP contribution in [0.4, 0.5) is 0 Å². The minimum absolute atomic E-state index is 0.101. The molecule has 1 amide bonds. The summed E-state index contributed by atoms with van der Waals surface area (Å²) in [6, 6.07) is 0. The van der Waals surface area contributed by atoms with Crippen LogP contribution in [0.25, 0.3) is 0 Å². The molecule has 0 bridgehead atoms. The first-order valence-electron chi connectivity index (χ1n) is 6.68. The van der Waals surface area contributed by atoms with E-state index in [0.29, 0.717) is 6.54 Å². The standard InChI is InChI=1S/C13H23NO4/c1-2-13(6-4-3-5-7-13)12(17)14-8-9-18-10-11(15)16/h2-10H2,1H3,(H,14,17)(H,15,16). The Morgan fingerprint density at radius 2 is 1.94 bits per heavy atom. The van der Waals surface area contributed by atoms with Gasteiger partial charge in [0.1, 0.15) is 6.61 Å². The van der Waals surface area contributed by atoms with Crippen LogP contribution in [0, 0.1) is 5.41 Å². The normalized spacial score (nSPS) is 18.3. The second kappa shape index (κ2) is 7.36. The molecule has 1 aliphatic carbocycles. The molecular formula is C13H23NO4. The SMILES string of the molecule is CCC1(C(=O)NCCOCC(=O)O)CCCCC1. The van der Waals surface area contributed by atoms with Crippen LogP contribution in [-0.2, 0) is 14.3 Å². The summed E-state index contributed by atoms with van der Waals surface area (Å²) < 4.78 is 4.89. The summed E-state index contributed by atoms with van der Waals surface area (Å²) in [5, 5.41) is 11.3. The number of carbonyl (C=O) groups is 2. The zero-order valence-electron chi connectivity index (χ0n) is 11.0. The average molecular weight is 257 g/mol. The van der Waals surface area contributed by atoms with E-state index >= 15 is 0 Å². The number of nitrogens with one attached hydrogen (secondary N) is 1. The van der Waals surface area contributed by atoms with Crippen LogP contribution < -0.4 is 5.32 Å². The first-order chi connectivity index (χ1) is 8.60. The molecule has 5 nitrogen and oxygen atoms in total. The summed E-state index contributed by atoms with van der Waals surface area (Å²) in [6.45, 7) is 2.38. The number of aliphatic carboxylic acids is 1. The molecule has 0 aromatic heterocycles. The number of amides is 1. The third-order valence-corrected chi connectivity index (χ3v) is 3.73. The van der Waals surface area contributed by atoms with Crippen molar-refractivity contribution < 1.29 is 19.4 Å². The highest BCUT2D eigenvalue weighted by Gasteiger charge is 2.37. The Kier molecular flexibility index (Phi) is 6.12. The van der Waals surface area contributed by atoms with Gasteiger partial charge in [0, 0.05) is 12.0 Å². The molecule has 0 unspecified atom stereocenters. The van der Waals surface area contributed by atoms with Gasteiger partial charge < -0.3 is 15.2 Å². The van der Waals surface area contributed by atoms with Gasteiger partial charge >= 0.3 is 5.97 Å². The summed E-state index contributed by atoms with van der Waals surface area (Å²) in [7, 11) is 0. The minimum Gasteiger partial charge on any atom is -0.480 e. The van der Waals surface area contributed by atoms with Crippen molar-refractivity contribution in [3.63, 3.8) is 0 Å². The number of carbonyl (C=O) groups excluding carboxylic acids is 1. The average Bonchev–Trinajstić information content (AvgIpc) is 2.38. The monoisotopic (exact) mass is 257 g/mol. The molecule has 1 aliphatic rings. The van der Waals surface area contributed by atoms with Crippen molar-refractivity contribution in [2.75, 3.05) is 19.8 Å². The lowest BCUT2D eigenvalue weighted by Gasteiger charge is -2.34. The van der Waals surface area contributed by atoms with Gasteiger partial charge in [-0.25, -0.2) is 4.79 Å². The largest absolute Gasteiger partial charge is 0.480 e. The van der Waals surface area contributed by atoms with Gasteiger partial charge in [-0.2, -0.15) is 0 Å². The number of rotatable bonds is 7. The Morgan fingerprint density at radius 3 is 2.50 bits per heavy atom. The van der Waals surface area contributed by atoms with E-state index in [9.17, 15) is 9.59 Å². The van der Waals surface area contributed by atoms with E-state index in [4.69, 9.17) is 9.84 Å². The van der Waals surface area contributed by atoms with Crippen LogP contribution >= 0.6 is 0 Å². The maximum absolute atomic E-state index is 12.2. The smallest absolute Gasteiger partial charge is 0.329 e. The van der Waals surface area contributed by atoms with Gasteiger partial charge in [-0.1, -0.05) is 26.2 Å². The third kappa shape index (κ3) is 4.29. The molecule has 0 atom stereocenters. The van der Waals surface area contributed by atoms with Crippen molar-refractivity contribution in [3.8, 4) is 0 Å². The van der Waals surface area contributed by atoms with Crippen LogP contribution in [0.5, 0.6) is 0 Å². The molecule has 0 aromatic carbocycles. The Balaban J connectivity index is 2.27. The summed E-state index contributed by atoms with van der Waals surface area (Å²) in [6.07, 6.45) is 6.26. The zero-order valence-corrected chi connectivity index (χ0v) is 11.0. The van der Waals surface area contributed by atoms with Crippen molar-refractivity contribution in [3.05, 3.63) is 0 Å². The molecule has 0 aromatic rings. The van der Waals surface area contributed by atoms with Gasteiger partial charge in [0.2, 0.25) is 5.91 Å². The Bertz CT molecular complexity index is 285. The molecule has 2 N–H and O–H groups in total. The second-order valence-electron chi connectivity index (χ2n) is 4.90. The third-order valence-electron chi connectivity index (χ3n) is 3.73. The van der Waals surface area contributed by atoms with E-state index < -0.39 is 5.97 Å². The van der Waals surface area contributed by atoms with E-state index in [0.717, 1.165) is 32.1 Å². The molecular weight excluding hydrogens is 234 g/mol. The topological polar surface area (TPSA) is 75.6 Å². The number of carboxylic acids is 1. The minimum atomic E-state index is -0.987. The highest BCUT2D eigenvalue weighted by Crippen LogP contribution is 2.39. The van der Waals surface area contributed by atoms with Gasteiger partial charge in [0.05, 0.1) is 6.61 Å². The Hall–Kier alpha value is -1.10. The summed E-state index contributed by atoms with van der Waals surface area (Å²) in [5.41, 5.74) is -0.203. The highest BCUT2D eigenvalue weighted by molar-refractivity contribution is 5.82. The molecule has 5 heteroatoms. The molecule has 18 heavy (non-hydrogen) atoms. The number of hydrogen-bond donors (Lipinski definition) is 2. The van der Waals surface area contributed by atoms with Gasteiger partial charge in [0.15, 0.2) is 0 Å². The molecule has 0 radical (unpaired) electrons. The van der Waals surface area contributed by atoms with E-state index in [2.05, 4.69) is 12.2 Å². The van der Waals surface area contributed by atoms with E-state index in [1.54, 1.807) is 0 Å². The van der Waals surface area contributed by atoms with E-state index in [1.807, 2.05) is 0 Å². The van der Waals surface area contributed by atoms with Gasteiger partial charge in [-0.15, -0.1) is 0 Å². The second-order valence-corrected chi connectivity index (χ2v) is 4.90. The number of carboxylic acid groups (broad SMARTS) is 1. The molecule has 0 aliphatic heterocycles. The van der Waals surface area contributed by atoms with Crippen molar-refractivity contribution >= 4 is 11.9 Å². The van der Waals surface area contributed by atoms with Crippen molar-refractivity contribution in [1.29, 1.82) is 0 Å². The van der Waals surface area contributed by atoms with Crippen LogP contribution in [0.2, 0.25) is 0 Å². The van der Waals surface area contributed by atoms with Gasteiger partial charge in [-0.05, 0) is 19.3 Å². The lowest BCUT2D eigenvalue weighted by Crippen LogP contribution is -2.43. The lowest BCUT2D eigenvalue weighted by atomic mass is 9.71. The fourth-order valence-electron chi connectivity index (χ4n) is 2.55. The molecule has 1 rings (SSSR count). The van der Waals surface area contributed by atoms with Crippen LogP contribution in [0.3, 0.4) is 0 Å². The van der Waals surface area contributed by atoms with Crippen LogP contribution in [0.1, 0.15) is 45.4 Å². The first kappa shape index (κ1) is 15.0. The van der Waals surface area contributed by atoms with E-state index in [-0.39, 0.29) is 24.5 Å². The predicted octanol–water partition coefficient (Wildman–Crippen LogP) is 1.56. The fourth-order valence-corrected chi connectivity index (χ4v) is 2.55. The van der Waals surface area contributed by atoms with Crippen LogP contribution in [0.15, 0.2) is 0 Å². The fraction of sp³-hybridized carbons (Fsp3) is 0.846. The number of hydrogen-bond acceptors (Lipinski definition) is 3. The molecule has 0 saturated heterocycles. The highest BCUT2D eigenvalue weighted by atomic mass is 16.5. The van der Waals surface area contributed by atoms with Crippen molar-refractivity contribution in [2.45, 2.75) is 45.4 Å². The zero-order chi connectivity index (χ0) is 13.4. The quantitative estimate of drug-likeness (QED) is 0.679. The van der Waals surface area contributed by atoms with Gasteiger partial charge in [-0.3, -0.25) is 4.79 Å². The predicted molar refractivity (Wildman–Crippen MR) is 67.3 cm³/mol. The first-order valence-corrected chi connectivity index (χ1v) is 6.68. The lowest BCUT2D eigenvalue weighted by molar-refractivity contribution is -0.142. The molecule has 0 heterocycles. The summed E-state index contributed by atoms with van der Waals surface area (Å²) in [5.74, 6) is -0.887. The van der Waals surface area contributed by atoms with Crippen LogP contribution in [-0.4, -0.2) is 36.7 Å². The maximum Gasteiger partial charge on any atom is 0.329 e. The molecule has 0 spiro atoms. The molecule has 104 valence electrons. The Morgan fingerprint density at radius 1 is 1.28 bits per heavy atom.